The monoisotopic (exact) mass is 438 g/mol. The Morgan fingerprint density at radius 1 is 0.903 bits per heavy atom. The first-order chi connectivity index (χ1) is 14.7. The zero-order valence-electron chi connectivity index (χ0n) is 17.1. The lowest BCUT2D eigenvalue weighted by atomic mass is 10.1. The van der Waals surface area contributed by atoms with Gasteiger partial charge in [-0.1, -0.05) is 36.4 Å². The van der Waals surface area contributed by atoms with Gasteiger partial charge in [0.25, 0.3) is 10.0 Å². The van der Waals surface area contributed by atoms with Gasteiger partial charge in [0.2, 0.25) is 5.91 Å². The SMILES string of the molecule is Cc1ccc(N(CC(=O)Nc2ccccc2C(=O)O)S(=O)(=O)c2ccccc2)cc1C. The molecule has 0 saturated heterocycles. The molecule has 2 N–H and O–H groups in total. The summed E-state index contributed by atoms with van der Waals surface area (Å²) in [4.78, 5) is 24.2. The van der Waals surface area contributed by atoms with E-state index < -0.39 is 28.4 Å². The predicted molar refractivity (Wildman–Crippen MR) is 119 cm³/mol. The molecule has 0 aliphatic rings. The maximum atomic E-state index is 13.3. The molecule has 3 aromatic rings. The lowest BCUT2D eigenvalue weighted by Gasteiger charge is -2.25. The lowest BCUT2D eigenvalue weighted by Crippen LogP contribution is -2.38. The summed E-state index contributed by atoms with van der Waals surface area (Å²) in [5.41, 5.74) is 2.22. The second kappa shape index (κ2) is 9.01. The minimum Gasteiger partial charge on any atom is -0.478 e. The molecular formula is C23H22N2O5S. The molecule has 0 aliphatic heterocycles. The standard InChI is InChI=1S/C23H22N2O5S/c1-16-12-13-18(14-17(16)2)25(31(29,30)19-8-4-3-5-9-19)15-22(26)24-21-11-7-6-10-20(21)23(27)28/h3-14H,15H2,1-2H3,(H,24,26)(H,27,28). The van der Waals surface area contributed by atoms with E-state index in [2.05, 4.69) is 5.32 Å². The molecule has 0 fully saturated rings. The highest BCUT2D eigenvalue weighted by atomic mass is 32.2. The van der Waals surface area contributed by atoms with Gasteiger partial charge in [-0.3, -0.25) is 9.10 Å². The number of amides is 1. The molecule has 0 atom stereocenters. The van der Waals surface area contributed by atoms with Crippen LogP contribution in [0.15, 0.2) is 77.7 Å². The van der Waals surface area contributed by atoms with E-state index in [1.165, 1.54) is 24.3 Å². The molecule has 0 aliphatic carbocycles. The van der Waals surface area contributed by atoms with Gasteiger partial charge >= 0.3 is 5.97 Å². The molecule has 31 heavy (non-hydrogen) atoms. The summed E-state index contributed by atoms with van der Waals surface area (Å²) >= 11 is 0. The zero-order chi connectivity index (χ0) is 22.6. The third-order valence-electron chi connectivity index (χ3n) is 4.83. The number of carbonyl (C=O) groups is 2. The number of para-hydroxylation sites is 1. The van der Waals surface area contributed by atoms with Crippen LogP contribution in [0.4, 0.5) is 11.4 Å². The first-order valence-corrected chi connectivity index (χ1v) is 10.9. The van der Waals surface area contributed by atoms with Crippen LogP contribution in [0.2, 0.25) is 0 Å². The van der Waals surface area contributed by atoms with E-state index in [0.717, 1.165) is 15.4 Å². The van der Waals surface area contributed by atoms with Gasteiger partial charge in [-0.2, -0.15) is 0 Å². The van der Waals surface area contributed by atoms with Crippen molar-refractivity contribution in [2.75, 3.05) is 16.2 Å². The highest BCUT2D eigenvalue weighted by Gasteiger charge is 2.27. The van der Waals surface area contributed by atoms with Crippen LogP contribution in [-0.2, 0) is 14.8 Å². The van der Waals surface area contributed by atoms with Crippen molar-refractivity contribution in [1.29, 1.82) is 0 Å². The molecule has 0 spiro atoms. The summed E-state index contributed by atoms with van der Waals surface area (Å²) < 4.78 is 27.7. The van der Waals surface area contributed by atoms with Crippen molar-refractivity contribution in [2.45, 2.75) is 18.7 Å². The van der Waals surface area contributed by atoms with Crippen molar-refractivity contribution in [3.63, 3.8) is 0 Å². The average Bonchev–Trinajstić information content (AvgIpc) is 2.75. The summed E-state index contributed by atoms with van der Waals surface area (Å²) in [6, 6.07) is 18.9. The first-order valence-electron chi connectivity index (χ1n) is 9.47. The Balaban J connectivity index is 1.98. The largest absolute Gasteiger partial charge is 0.478 e. The maximum absolute atomic E-state index is 13.3. The van der Waals surface area contributed by atoms with Gasteiger partial charge in [0.15, 0.2) is 0 Å². The Hall–Kier alpha value is -3.65. The number of nitrogens with zero attached hydrogens (tertiary/aromatic N) is 1. The number of hydrogen-bond acceptors (Lipinski definition) is 4. The van der Waals surface area contributed by atoms with Crippen molar-refractivity contribution < 1.29 is 23.1 Å². The number of nitrogens with one attached hydrogen (secondary N) is 1. The molecule has 0 bridgehead atoms. The molecule has 3 rings (SSSR count). The van der Waals surface area contributed by atoms with E-state index in [9.17, 15) is 23.1 Å². The molecule has 0 unspecified atom stereocenters. The smallest absolute Gasteiger partial charge is 0.337 e. The van der Waals surface area contributed by atoms with Crippen LogP contribution in [0.1, 0.15) is 21.5 Å². The first kappa shape index (κ1) is 22.0. The van der Waals surface area contributed by atoms with Crippen molar-refractivity contribution >= 4 is 33.3 Å². The maximum Gasteiger partial charge on any atom is 0.337 e. The van der Waals surface area contributed by atoms with Crippen LogP contribution in [0, 0.1) is 13.8 Å². The van der Waals surface area contributed by atoms with Crippen molar-refractivity contribution in [2.24, 2.45) is 0 Å². The number of carboxylic acid groups (broad SMARTS) is 1. The summed E-state index contributed by atoms with van der Waals surface area (Å²) in [7, 11) is -4.04. The number of carboxylic acids is 1. The Labute approximate surface area is 181 Å². The fourth-order valence-corrected chi connectivity index (χ4v) is 4.45. The molecule has 1 amide bonds. The van der Waals surface area contributed by atoms with Crippen LogP contribution in [0.5, 0.6) is 0 Å². The predicted octanol–water partition coefficient (Wildman–Crippen LogP) is 3.84. The van der Waals surface area contributed by atoms with Crippen LogP contribution in [0.3, 0.4) is 0 Å². The zero-order valence-corrected chi connectivity index (χ0v) is 17.9. The van der Waals surface area contributed by atoms with E-state index in [-0.39, 0.29) is 16.1 Å². The number of anilines is 2. The van der Waals surface area contributed by atoms with Gasteiger partial charge in [0.1, 0.15) is 6.54 Å². The molecule has 160 valence electrons. The van der Waals surface area contributed by atoms with Crippen LogP contribution < -0.4 is 9.62 Å². The minimum absolute atomic E-state index is 0.0481. The topological polar surface area (TPSA) is 104 Å². The number of hydrogen-bond donors (Lipinski definition) is 2. The number of aromatic carboxylic acids is 1. The normalized spacial score (nSPS) is 11.0. The number of sulfonamides is 1. The fraction of sp³-hybridized carbons (Fsp3) is 0.130. The highest BCUT2D eigenvalue weighted by Crippen LogP contribution is 2.26. The number of carbonyl (C=O) groups excluding carboxylic acids is 1. The molecule has 0 radical (unpaired) electrons. The van der Waals surface area contributed by atoms with E-state index >= 15 is 0 Å². The molecule has 0 aromatic heterocycles. The number of rotatable bonds is 7. The number of benzene rings is 3. The molecule has 3 aromatic carbocycles. The van der Waals surface area contributed by atoms with Crippen molar-refractivity contribution in [3.8, 4) is 0 Å². The Kier molecular flexibility index (Phi) is 6.41. The third kappa shape index (κ3) is 4.92. The summed E-state index contributed by atoms with van der Waals surface area (Å²) in [5, 5.41) is 11.8. The molecule has 7 nitrogen and oxygen atoms in total. The van der Waals surface area contributed by atoms with Gasteiger partial charge in [0.05, 0.1) is 21.8 Å². The van der Waals surface area contributed by atoms with Gasteiger partial charge in [0, 0.05) is 0 Å². The van der Waals surface area contributed by atoms with Crippen molar-refractivity contribution in [3.05, 3.63) is 89.5 Å². The highest BCUT2D eigenvalue weighted by molar-refractivity contribution is 7.92. The van der Waals surface area contributed by atoms with E-state index in [4.69, 9.17) is 0 Å². The lowest BCUT2D eigenvalue weighted by molar-refractivity contribution is -0.114. The van der Waals surface area contributed by atoms with Crippen LogP contribution >= 0.6 is 0 Å². The van der Waals surface area contributed by atoms with Crippen LogP contribution in [-0.4, -0.2) is 31.9 Å². The second-order valence-electron chi connectivity index (χ2n) is 6.99. The Bertz CT molecular complexity index is 1220. The van der Waals surface area contributed by atoms with Gasteiger partial charge in [-0.05, 0) is 61.4 Å². The quantitative estimate of drug-likeness (QED) is 0.583. The summed E-state index contributed by atoms with van der Waals surface area (Å²) in [5.74, 6) is -1.86. The van der Waals surface area contributed by atoms with Gasteiger partial charge < -0.3 is 10.4 Å². The fourth-order valence-electron chi connectivity index (χ4n) is 3.01. The molecular weight excluding hydrogens is 416 g/mol. The average molecular weight is 439 g/mol. The molecule has 8 heteroatoms. The summed E-state index contributed by atoms with van der Waals surface area (Å²) in [6.45, 7) is 3.24. The Morgan fingerprint density at radius 3 is 2.19 bits per heavy atom. The second-order valence-corrected chi connectivity index (χ2v) is 8.85. The molecule has 0 saturated carbocycles. The Morgan fingerprint density at radius 2 is 1.55 bits per heavy atom. The third-order valence-corrected chi connectivity index (χ3v) is 6.62. The minimum atomic E-state index is -4.04. The van der Waals surface area contributed by atoms with Gasteiger partial charge in [-0.25, -0.2) is 13.2 Å². The summed E-state index contributed by atoms with van der Waals surface area (Å²) in [6.07, 6.45) is 0. The number of aryl methyl sites for hydroxylation is 2. The molecule has 0 heterocycles. The van der Waals surface area contributed by atoms with Gasteiger partial charge in [-0.15, -0.1) is 0 Å². The van der Waals surface area contributed by atoms with E-state index in [1.54, 1.807) is 48.5 Å². The van der Waals surface area contributed by atoms with Crippen molar-refractivity contribution in [1.82, 2.24) is 0 Å². The van der Waals surface area contributed by atoms with Crippen LogP contribution in [0.25, 0.3) is 0 Å². The van der Waals surface area contributed by atoms with E-state index in [1.807, 2.05) is 13.8 Å². The van der Waals surface area contributed by atoms with E-state index in [0.29, 0.717) is 5.69 Å².